The second-order valence-corrected chi connectivity index (χ2v) is 10.8. The summed E-state index contributed by atoms with van der Waals surface area (Å²) < 4.78 is 59.4. The molecular weight excluding hydrogens is 438 g/mol. The second-order valence-electron chi connectivity index (χ2n) is 9.71. The molecule has 3 aromatic rings. The van der Waals surface area contributed by atoms with Gasteiger partial charge in [0, 0.05) is 52.3 Å². The third-order valence-corrected chi connectivity index (χ3v) is 6.71. The third kappa shape index (κ3) is 5.12. The summed E-state index contributed by atoms with van der Waals surface area (Å²) in [6, 6.07) is 5.41. The van der Waals surface area contributed by atoms with Crippen molar-refractivity contribution >= 4 is 22.9 Å². The summed E-state index contributed by atoms with van der Waals surface area (Å²) in [6.45, 7) is 9.19. The Morgan fingerprint density at radius 3 is 2.47 bits per heavy atom. The molecule has 0 spiro atoms. The van der Waals surface area contributed by atoms with Crippen molar-refractivity contribution < 1.29 is 17.6 Å². The summed E-state index contributed by atoms with van der Waals surface area (Å²) >= 11 is 1.73. The lowest BCUT2D eigenvalue weighted by Gasteiger charge is -2.20. The van der Waals surface area contributed by atoms with Gasteiger partial charge in [-0.1, -0.05) is 38.8 Å². The first-order chi connectivity index (χ1) is 14.9. The maximum absolute atomic E-state index is 15.2. The molecule has 1 N–H and O–H groups in total. The first-order valence-corrected chi connectivity index (χ1v) is 11.6. The van der Waals surface area contributed by atoms with Crippen LogP contribution in [0, 0.1) is 11.2 Å². The van der Waals surface area contributed by atoms with Gasteiger partial charge in [0.25, 0.3) is 0 Å². The molecule has 0 radical (unpaired) electrons. The van der Waals surface area contributed by atoms with Crippen molar-refractivity contribution in [2.45, 2.75) is 64.5 Å². The zero-order chi connectivity index (χ0) is 23.3. The summed E-state index contributed by atoms with van der Waals surface area (Å²) in [5.74, 6) is -0.476. The van der Waals surface area contributed by atoms with Gasteiger partial charge in [-0.15, -0.1) is 0 Å². The Labute approximate surface area is 189 Å². The van der Waals surface area contributed by atoms with E-state index in [1.165, 1.54) is 25.0 Å². The summed E-state index contributed by atoms with van der Waals surface area (Å²) in [5.41, 5.74) is 1.43. The molecule has 0 bridgehead atoms. The van der Waals surface area contributed by atoms with E-state index < -0.39 is 17.7 Å². The van der Waals surface area contributed by atoms with Crippen molar-refractivity contribution in [3.8, 4) is 11.1 Å². The molecule has 1 aliphatic carbocycles. The fraction of sp³-hybridized carbons (Fsp3) is 0.458. The predicted octanol–water partition coefficient (Wildman–Crippen LogP) is 7.37. The Morgan fingerprint density at radius 1 is 1.19 bits per heavy atom. The van der Waals surface area contributed by atoms with Crippen LogP contribution in [0.3, 0.4) is 0 Å². The number of fused-ring (bicyclic) bond motifs is 1. The fourth-order valence-electron chi connectivity index (χ4n) is 3.71. The highest BCUT2D eigenvalue weighted by atomic mass is 32.2. The molecule has 4 rings (SSSR count). The standard InChI is InChI=1S/C24H27F4N3S/c1-14(30-32-16-6-7-16)19-12-31(13-23(2,3)4)21-10-17(20(25)9-18(19)21)15-5-8-22(29-11-15)24(26,27)28/h5,8-12,14,16,30H,6-7,13H2,1-4H3. The summed E-state index contributed by atoms with van der Waals surface area (Å²) in [5, 5.41) is 1.46. The molecule has 8 heteroatoms. The van der Waals surface area contributed by atoms with E-state index in [4.69, 9.17) is 0 Å². The second kappa shape index (κ2) is 8.37. The van der Waals surface area contributed by atoms with E-state index in [0.29, 0.717) is 10.8 Å². The van der Waals surface area contributed by atoms with Gasteiger partial charge < -0.3 is 4.57 Å². The smallest absolute Gasteiger partial charge is 0.347 e. The zero-order valence-electron chi connectivity index (χ0n) is 18.6. The number of nitrogens with zero attached hydrogens (tertiary/aromatic N) is 2. The minimum Gasteiger partial charge on any atom is -0.347 e. The lowest BCUT2D eigenvalue weighted by Crippen LogP contribution is -2.15. The highest BCUT2D eigenvalue weighted by Gasteiger charge is 2.32. The van der Waals surface area contributed by atoms with Crippen molar-refractivity contribution in [3.05, 3.63) is 53.7 Å². The topological polar surface area (TPSA) is 29.9 Å². The van der Waals surface area contributed by atoms with Gasteiger partial charge in [-0.25, -0.2) is 4.39 Å². The van der Waals surface area contributed by atoms with E-state index >= 15 is 4.39 Å². The van der Waals surface area contributed by atoms with Gasteiger partial charge in [0.1, 0.15) is 11.5 Å². The van der Waals surface area contributed by atoms with Gasteiger partial charge in [-0.3, -0.25) is 9.71 Å². The van der Waals surface area contributed by atoms with Crippen LogP contribution in [0.15, 0.2) is 36.7 Å². The summed E-state index contributed by atoms with van der Waals surface area (Å²) in [6.07, 6.45) is 1.06. The van der Waals surface area contributed by atoms with E-state index in [0.717, 1.165) is 35.3 Å². The Hall–Kier alpha value is -2.06. The third-order valence-electron chi connectivity index (χ3n) is 5.41. The molecule has 172 valence electrons. The van der Waals surface area contributed by atoms with Crippen LogP contribution in [0.25, 0.3) is 22.0 Å². The van der Waals surface area contributed by atoms with Crippen LogP contribution >= 0.6 is 11.9 Å². The lowest BCUT2D eigenvalue weighted by molar-refractivity contribution is -0.141. The average molecular weight is 466 g/mol. The molecule has 1 unspecified atom stereocenters. The van der Waals surface area contributed by atoms with Crippen molar-refractivity contribution in [2.24, 2.45) is 5.41 Å². The molecule has 0 saturated heterocycles. The van der Waals surface area contributed by atoms with Crippen LogP contribution in [0.1, 0.15) is 57.8 Å². The zero-order valence-corrected chi connectivity index (χ0v) is 19.4. The first-order valence-electron chi connectivity index (χ1n) is 10.7. The van der Waals surface area contributed by atoms with Crippen molar-refractivity contribution in [3.63, 3.8) is 0 Å². The molecule has 0 aliphatic heterocycles. The number of rotatable bonds is 6. The number of hydrogen-bond acceptors (Lipinski definition) is 3. The maximum Gasteiger partial charge on any atom is 0.433 e. The molecule has 1 aromatic carbocycles. The average Bonchev–Trinajstić information content (AvgIpc) is 3.46. The van der Waals surface area contributed by atoms with Gasteiger partial charge in [0.15, 0.2) is 0 Å². The number of aromatic nitrogens is 2. The van der Waals surface area contributed by atoms with Crippen molar-refractivity contribution in [2.75, 3.05) is 0 Å². The predicted molar refractivity (Wildman–Crippen MR) is 122 cm³/mol. The molecule has 2 heterocycles. The Bertz CT molecular complexity index is 1110. The summed E-state index contributed by atoms with van der Waals surface area (Å²) in [7, 11) is 0. The first kappa shape index (κ1) is 23.1. The molecule has 3 nitrogen and oxygen atoms in total. The Balaban J connectivity index is 1.77. The quantitative estimate of drug-likeness (QED) is 0.304. The Morgan fingerprint density at radius 2 is 1.91 bits per heavy atom. The molecule has 1 saturated carbocycles. The molecule has 0 amide bonds. The Kier molecular flexibility index (Phi) is 6.05. The molecule has 32 heavy (non-hydrogen) atoms. The number of hydrogen-bond donors (Lipinski definition) is 1. The van der Waals surface area contributed by atoms with Gasteiger partial charge in [-0.2, -0.15) is 13.2 Å². The van der Waals surface area contributed by atoms with E-state index in [2.05, 4.69) is 48.2 Å². The van der Waals surface area contributed by atoms with Gasteiger partial charge >= 0.3 is 6.18 Å². The highest BCUT2D eigenvalue weighted by Crippen LogP contribution is 2.38. The normalized spacial score (nSPS) is 16.0. The number of pyridine rings is 1. The molecule has 1 fully saturated rings. The molecular formula is C24H27F4N3S. The maximum atomic E-state index is 15.2. The van der Waals surface area contributed by atoms with Crippen LogP contribution in [-0.2, 0) is 12.7 Å². The van der Waals surface area contributed by atoms with E-state index in [9.17, 15) is 13.2 Å². The number of nitrogens with one attached hydrogen (secondary N) is 1. The summed E-state index contributed by atoms with van der Waals surface area (Å²) in [4.78, 5) is 3.50. The van der Waals surface area contributed by atoms with E-state index in [-0.39, 0.29) is 17.0 Å². The fourth-order valence-corrected chi connectivity index (χ4v) is 4.61. The van der Waals surface area contributed by atoms with Crippen molar-refractivity contribution in [1.29, 1.82) is 0 Å². The van der Waals surface area contributed by atoms with Crippen LogP contribution in [0.2, 0.25) is 0 Å². The van der Waals surface area contributed by atoms with Crippen LogP contribution in [0.5, 0.6) is 0 Å². The van der Waals surface area contributed by atoms with Gasteiger partial charge in [0.2, 0.25) is 0 Å². The largest absolute Gasteiger partial charge is 0.433 e. The van der Waals surface area contributed by atoms with Gasteiger partial charge in [-0.05, 0) is 48.9 Å². The SMILES string of the molecule is CC(NSC1CC1)c1cn(CC(C)(C)C)c2cc(-c3ccc(C(F)(F)F)nc3)c(F)cc12. The number of alkyl halides is 3. The van der Waals surface area contributed by atoms with Crippen LogP contribution < -0.4 is 4.72 Å². The number of halogens is 4. The molecule has 1 atom stereocenters. The number of benzene rings is 1. The molecule has 2 aromatic heterocycles. The molecule has 1 aliphatic rings. The van der Waals surface area contributed by atoms with Crippen LogP contribution in [0.4, 0.5) is 17.6 Å². The highest BCUT2D eigenvalue weighted by molar-refractivity contribution is 7.98. The van der Waals surface area contributed by atoms with Crippen molar-refractivity contribution in [1.82, 2.24) is 14.3 Å². The van der Waals surface area contributed by atoms with Crippen LogP contribution in [-0.4, -0.2) is 14.8 Å². The van der Waals surface area contributed by atoms with E-state index in [1.807, 2.05) is 0 Å². The monoisotopic (exact) mass is 465 g/mol. The lowest BCUT2D eigenvalue weighted by atomic mass is 9.96. The minimum atomic E-state index is -4.53. The van der Waals surface area contributed by atoms with Gasteiger partial charge in [0.05, 0.1) is 0 Å². The minimum absolute atomic E-state index is 0.00683. The van der Waals surface area contributed by atoms with E-state index in [1.54, 1.807) is 18.0 Å².